The highest BCUT2D eigenvalue weighted by molar-refractivity contribution is 6.40. The molecule has 6 bridgehead atoms. The number of esters is 6. The monoisotopic (exact) mass is 1760 g/mol. The highest BCUT2D eigenvalue weighted by Gasteiger charge is 2.79. The first kappa shape index (κ1) is 100. The lowest BCUT2D eigenvalue weighted by molar-refractivity contribution is -0.311. The molecule has 0 spiro atoms. The van der Waals surface area contributed by atoms with Crippen LogP contribution in [-0.2, 0) is 47.6 Å². The average molecular weight is 1770 g/mol. The second-order valence-corrected chi connectivity index (χ2v) is 38.8. The summed E-state index contributed by atoms with van der Waals surface area (Å²) in [6.45, 7) is 32.2. The summed E-state index contributed by atoms with van der Waals surface area (Å²) in [5.41, 5.74) is -17.4. The number of aliphatic hydroxyl groups is 15. The van der Waals surface area contributed by atoms with E-state index in [0.717, 1.165) is 19.4 Å². The van der Waals surface area contributed by atoms with E-state index in [4.69, 9.17) is 51.6 Å². The van der Waals surface area contributed by atoms with Gasteiger partial charge in [-0.2, -0.15) is 0 Å². The maximum Gasteiger partial charge on any atom is 0.338 e. The summed E-state index contributed by atoms with van der Waals surface area (Å²) in [5.74, 6) is -10.2. The molecule has 0 saturated heterocycles. The number of carbonyl (C=O) groups excluding carboxylic acids is 7. The smallest absolute Gasteiger partial charge is 0.338 e. The third kappa shape index (κ3) is 15.9. The van der Waals surface area contributed by atoms with Crippen LogP contribution < -0.4 is 0 Å². The zero-order chi connectivity index (χ0) is 92.7. The number of ether oxygens (including phenoxy) is 6. The topological polar surface area (TPSA) is 478 Å². The molecule has 9 aliphatic rings. The van der Waals surface area contributed by atoms with Gasteiger partial charge in [-0.15, -0.1) is 23.2 Å². The number of hydrogen-bond acceptors (Lipinski definition) is 28. The van der Waals surface area contributed by atoms with Crippen LogP contribution in [0, 0.1) is 62.1 Å². The Morgan fingerprint density at radius 2 is 0.699 bits per heavy atom. The molecule has 29 atom stereocenters. The molecule has 0 amide bonds. The zero-order valence-electron chi connectivity index (χ0n) is 74.0. The summed E-state index contributed by atoms with van der Waals surface area (Å²) >= 11 is 9.53. The molecule has 3 aromatic carbocycles. The van der Waals surface area contributed by atoms with Crippen LogP contribution in [0.1, 0.15) is 227 Å². The zero-order valence-corrected chi connectivity index (χ0v) is 75.6. The Kier molecular flexibility index (Phi) is 29.4. The lowest BCUT2D eigenvalue weighted by Gasteiger charge is -2.67. The van der Waals surface area contributed by atoms with Crippen LogP contribution in [-0.4, -0.2) is 249 Å². The Morgan fingerprint density at radius 3 is 1.05 bits per heavy atom. The number of alkyl halides is 2. The van der Waals surface area contributed by atoms with E-state index in [9.17, 15) is 110 Å². The number of ketones is 1. The van der Waals surface area contributed by atoms with Gasteiger partial charge in [0.15, 0.2) is 5.78 Å². The van der Waals surface area contributed by atoms with Gasteiger partial charge in [0.25, 0.3) is 0 Å². The molecule has 6 fully saturated rings. The van der Waals surface area contributed by atoms with Gasteiger partial charge in [0.2, 0.25) is 0 Å². The average Bonchev–Trinajstić information content (AvgIpc) is 0.687. The minimum atomic E-state index is -2.16. The molecule has 684 valence electrons. The third-order valence-electron chi connectivity index (χ3n) is 31.3. The van der Waals surface area contributed by atoms with Crippen molar-refractivity contribution in [3.8, 4) is 0 Å². The number of carbonyl (C=O) groups is 7. The Hall–Kier alpha value is -6.65. The molecule has 15 N–H and O–H groups in total. The molecule has 30 heteroatoms. The van der Waals surface area contributed by atoms with Crippen LogP contribution in [0.5, 0.6) is 0 Å². The second kappa shape index (κ2) is 36.1. The van der Waals surface area contributed by atoms with Crippen LogP contribution in [0.2, 0.25) is 0 Å². The summed E-state index contributed by atoms with van der Waals surface area (Å²) < 4.78 is 36.3. The van der Waals surface area contributed by atoms with E-state index in [-0.39, 0.29) is 102 Å². The van der Waals surface area contributed by atoms with E-state index in [2.05, 4.69) is 0 Å². The molecule has 6 saturated carbocycles. The van der Waals surface area contributed by atoms with E-state index in [0.29, 0.717) is 11.1 Å². The van der Waals surface area contributed by atoms with Crippen molar-refractivity contribution in [3.05, 3.63) is 141 Å². The van der Waals surface area contributed by atoms with Crippen molar-refractivity contribution in [2.45, 2.75) is 321 Å². The van der Waals surface area contributed by atoms with Crippen LogP contribution in [0.4, 0.5) is 0 Å². The number of Topliss-reactive ketones (excluding diaryl/α,β-unsaturated/α-hetero) is 1. The van der Waals surface area contributed by atoms with Crippen LogP contribution >= 0.6 is 23.2 Å². The normalized spacial score (nSPS) is 41.3. The van der Waals surface area contributed by atoms with Gasteiger partial charge >= 0.3 is 35.8 Å². The fourth-order valence-corrected chi connectivity index (χ4v) is 24.2. The van der Waals surface area contributed by atoms with Gasteiger partial charge in [-0.3, -0.25) is 19.2 Å². The Balaban J connectivity index is 0.000000206. The minimum absolute atomic E-state index is 0.0380. The number of benzene rings is 3. The molecule has 0 aliphatic heterocycles. The predicted molar refractivity (Wildman–Crippen MR) is 450 cm³/mol. The van der Waals surface area contributed by atoms with E-state index < -0.39 is 223 Å². The number of rotatable bonds is 12. The van der Waals surface area contributed by atoms with Gasteiger partial charge in [0.1, 0.15) is 64.1 Å². The molecule has 0 heterocycles. The minimum Gasteiger partial charge on any atom is -0.456 e. The molecule has 0 radical (unpaired) electrons. The summed E-state index contributed by atoms with van der Waals surface area (Å²) in [4.78, 5) is 93.0. The van der Waals surface area contributed by atoms with Crippen molar-refractivity contribution in [2.75, 3.05) is 5.34 Å². The maximum atomic E-state index is 14.3. The molecule has 123 heavy (non-hydrogen) atoms. The van der Waals surface area contributed by atoms with Gasteiger partial charge in [0, 0.05) is 91.8 Å². The third-order valence-corrected chi connectivity index (χ3v) is 31.3. The summed E-state index contributed by atoms with van der Waals surface area (Å²) in [7, 11) is 0. The van der Waals surface area contributed by atoms with Crippen molar-refractivity contribution < 1.29 is 139 Å². The lowest BCUT2D eigenvalue weighted by atomic mass is 9.42. The van der Waals surface area contributed by atoms with Gasteiger partial charge in [-0.05, 0) is 124 Å². The second-order valence-electron chi connectivity index (χ2n) is 38.0. The number of halogens is 2. The van der Waals surface area contributed by atoms with Crippen molar-refractivity contribution in [3.63, 3.8) is 0 Å². The van der Waals surface area contributed by atoms with Crippen LogP contribution in [0.3, 0.4) is 0 Å². The van der Waals surface area contributed by atoms with E-state index >= 15 is 0 Å². The van der Waals surface area contributed by atoms with Crippen LogP contribution in [0.25, 0.3) is 0 Å². The lowest BCUT2D eigenvalue weighted by Crippen LogP contribution is -2.78. The molecule has 3 aromatic rings. The first-order valence-electron chi connectivity index (χ1n) is 42.4. The largest absolute Gasteiger partial charge is 0.456 e. The van der Waals surface area contributed by atoms with Gasteiger partial charge in [0.05, 0.1) is 100 Å². The SMILES string of the molecule is CC[C@@]1(OC(C)=O)C2[C@H](OC(=O)c3ccccc3)[C@]3(O)C[C@H](O)C(C)=C([C@@H](C)[C@@H](O)[C@]2(C)[C@@H](C)C[C@H]1O)C3(C)C.CC[C@@]1(OC(C)=O)C2[C@H](OC(=O)c3ccccc3)[C@]3(O)C[C@H](O)C(C)=C([C@@H](O)C(=O)[C@]2(C)[C@@H](O)C[C@H]1O)C3(C)C.CC[C@@]1(OC(C)=O)C2[C@H](OC(=O)c3ccccc3)[C@]3(O)C[C@H](O)C(C)=C([C@@H](O)[C@@H](O)[C@]2(C)[C@@H](O)C[C@H]1O)C3(C)C.ClCCl. The first-order chi connectivity index (χ1) is 56.9. The van der Waals surface area contributed by atoms with Crippen LogP contribution in [0.15, 0.2) is 124 Å². The maximum absolute atomic E-state index is 14.3. The Labute approximate surface area is 729 Å². The molecule has 3 unspecified atom stereocenters. The molecule has 28 nitrogen and oxygen atoms in total. The highest BCUT2D eigenvalue weighted by Crippen LogP contribution is 2.69. The Morgan fingerprint density at radius 1 is 0.407 bits per heavy atom. The first-order valence-corrected chi connectivity index (χ1v) is 43.5. The van der Waals surface area contributed by atoms with Crippen molar-refractivity contribution >= 4 is 64.8 Å². The summed E-state index contributed by atoms with van der Waals surface area (Å²) in [6.07, 6.45) is -23.1. The molecule has 12 rings (SSSR count). The van der Waals surface area contributed by atoms with Gasteiger partial charge in [-0.25, -0.2) is 14.4 Å². The van der Waals surface area contributed by atoms with Crippen molar-refractivity contribution in [1.82, 2.24) is 0 Å². The fraction of sp³-hybridized carbons (Fsp3) is 0.667. The van der Waals surface area contributed by atoms with Crippen molar-refractivity contribution in [2.24, 2.45) is 62.1 Å². The summed E-state index contributed by atoms with van der Waals surface area (Å²) in [6, 6.07) is 24.4. The highest BCUT2D eigenvalue weighted by atomic mass is 35.5. The van der Waals surface area contributed by atoms with Crippen molar-refractivity contribution in [1.29, 1.82) is 0 Å². The standard InChI is InChI=1S/C32H46O8.C30H42O10.C30H40O10.CH2Cl2/c1-9-31(40-20(5)33)23(35)15-17(2)30(8)25(31)27(39-28(37)21-13-11-10-12-14-21)32(38)16-22(34)18(3)24(29(32,6)7)19(4)26(30)36;2*1-7-29(40-16(3)31)20(34)13-19(33)28(6)23(29)25(39-26(37)17-11-9-8-10-12-17)30(38)14-18(32)15(2)21(27(30,4)5)22(35)24(28)36;2-1-3/h10-14,17,19,22-23,25-27,34-36,38H,9,15-16H2,1-8H3;8-12,18-20,22-25,32-36,38H,7,13-14H2,1-6H3;8-12,18-20,22-23,25,32-35,38H,7,13-14H2,1-6H3;1H2/t17-,19+,22-,23+,25?,26+,27-,30+,31-,32+;18-,19-,20+,22+,23?,24+,25-,28+,29-,30+;18-,19-,20+,22+,23?,25-,28+,29-,30+;/m000./s1. The van der Waals surface area contributed by atoms with E-state index in [1.165, 1.54) is 45.0 Å². The Bertz CT molecular complexity index is 4310. The number of fused-ring (bicyclic) bond motifs is 9. The molecule has 9 aliphatic carbocycles. The number of hydrogen-bond donors (Lipinski definition) is 15. The predicted octanol–water partition coefficient (Wildman–Crippen LogP) is 7.92. The molecular weight excluding hydrogens is 1640 g/mol. The molecule has 0 aromatic heterocycles. The quantitative estimate of drug-likeness (QED) is 0.0354. The van der Waals surface area contributed by atoms with E-state index in [1.54, 1.807) is 129 Å². The molecular formula is C93H130Cl2O28. The fourth-order valence-electron chi connectivity index (χ4n) is 24.2. The summed E-state index contributed by atoms with van der Waals surface area (Å²) in [5, 5.41) is 177. The number of aliphatic hydroxyl groups excluding tert-OH is 12. The van der Waals surface area contributed by atoms with Gasteiger partial charge in [-0.1, -0.05) is 150 Å². The van der Waals surface area contributed by atoms with Gasteiger partial charge < -0.3 is 105 Å². The van der Waals surface area contributed by atoms with E-state index in [1.807, 2.05) is 41.5 Å².